The number of benzene rings is 2. The summed E-state index contributed by atoms with van der Waals surface area (Å²) in [4.78, 5) is 14.5. The zero-order chi connectivity index (χ0) is 18.3. The number of phenols is 1. The number of hydrogen-bond donors (Lipinski definition) is 2. The summed E-state index contributed by atoms with van der Waals surface area (Å²) >= 11 is 1.30. The van der Waals surface area contributed by atoms with Crippen LogP contribution < -0.4 is 15.5 Å². The van der Waals surface area contributed by atoms with E-state index >= 15 is 0 Å². The third-order valence-electron chi connectivity index (χ3n) is 3.99. The van der Waals surface area contributed by atoms with Gasteiger partial charge < -0.3 is 10.2 Å². The Morgan fingerprint density at radius 1 is 1.08 bits per heavy atom. The molecular formula is C19H16N4O2S. The first-order valence-corrected chi connectivity index (χ1v) is 8.80. The van der Waals surface area contributed by atoms with Crippen molar-refractivity contribution in [3.63, 3.8) is 0 Å². The number of thiazole rings is 1. The van der Waals surface area contributed by atoms with Crippen molar-refractivity contribution in [3.05, 3.63) is 74.2 Å². The van der Waals surface area contributed by atoms with Gasteiger partial charge in [-0.3, -0.25) is 4.57 Å². The molecular weight excluding hydrogens is 348 g/mol. The molecule has 1 aliphatic heterocycles. The largest absolute Gasteiger partial charge is 0.506 e. The van der Waals surface area contributed by atoms with Crippen LogP contribution in [-0.4, -0.2) is 14.8 Å². The molecule has 0 bridgehead atoms. The predicted octanol–water partition coefficient (Wildman–Crippen LogP) is 2.29. The average Bonchev–Trinajstić information content (AvgIpc) is 3.13. The summed E-state index contributed by atoms with van der Waals surface area (Å²) in [5, 5.41) is 22.1. The molecule has 2 aromatic carbocycles. The maximum absolute atomic E-state index is 10.4. The van der Waals surface area contributed by atoms with Crippen LogP contribution in [-0.2, 0) is 7.05 Å². The number of nitrogens with zero attached hydrogens (tertiary/aromatic N) is 4. The first kappa shape index (κ1) is 16.3. The zero-order valence-corrected chi connectivity index (χ0v) is 15.0. The van der Waals surface area contributed by atoms with Crippen molar-refractivity contribution in [2.24, 2.45) is 22.0 Å². The van der Waals surface area contributed by atoms with Crippen molar-refractivity contribution in [2.75, 3.05) is 0 Å². The highest BCUT2D eigenvalue weighted by Gasteiger charge is 2.11. The van der Waals surface area contributed by atoms with Crippen LogP contribution in [0.25, 0.3) is 6.08 Å². The first-order chi connectivity index (χ1) is 12.5. The van der Waals surface area contributed by atoms with Crippen molar-refractivity contribution in [3.8, 4) is 11.6 Å². The van der Waals surface area contributed by atoms with Crippen molar-refractivity contribution < 1.29 is 10.2 Å². The summed E-state index contributed by atoms with van der Waals surface area (Å²) in [5.41, 5.74) is 1.41. The summed E-state index contributed by atoms with van der Waals surface area (Å²) in [6, 6.07) is 12.9. The van der Waals surface area contributed by atoms with E-state index < -0.39 is 0 Å². The molecule has 4 rings (SSSR count). The second kappa shape index (κ2) is 6.27. The van der Waals surface area contributed by atoms with E-state index in [0.717, 1.165) is 16.3 Å². The lowest BCUT2D eigenvalue weighted by molar-refractivity contribution is 0.427. The van der Waals surface area contributed by atoms with Crippen LogP contribution in [0.4, 0.5) is 5.69 Å². The topological polar surface area (TPSA) is 82.5 Å². The standard InChI is InChI=1S/C19H16N4O2S/c1-11-7-8-14(15(24)9-11)22-19-23(2)18(25)16(26-19)10-17-20-12-5-3-4-6-13(12)21-17/h3-10,24-25H,1-2H3. The Kier molecular flexibility index (Phi) is 3.93. The number of fused-ring (bicyclic) bond motifs is 1. The smallest absolute Gasteiger partial charge is 0.211 e. The minimum Gasteiger partial charge on any atom is -0.506 e. The number of aromatic nitrogens is 1. The second-order valence-electron chi connectivity index (χ2n) is 5.95. The van der Waals surface area contributed by atoms with Crippen LogP contribution in [0.5, 0.6) is 11.6 Å². The van der Waals surface area contributed by atoms with Gasteiger partial charge in [0.25, 0.3) is 0 Å². The van der Waals surface area contributed by atoms with Crippen molar-refractivity contribution in [1.82, 2.24) is 4.57 Å². The third kappa shape index (κ3) is 2.93. The lowest BCUT2D eigenvalue weighted by Gasteiger charge is -1.99. The van der Waals surface area contributed by atoms with Crippen LogP contribution in [0.3, 0.4) is 0 Å². The lowest BCUT2D eigenvalue weighted by Crippen LogP contribution is -2.19. The lowest BCUT2D eigenvalue weighted by atomic mass is 10.2. The van der Waals surface area contributed by atoms with E-state index in [2.05, 4.69) is 15.0 Å². The fraction of sp³-hybridized carbons (Fsp3) is 0.105. The van der Waals surface area contributed by atoms with Crippen LogP contribution >= 0.6 is 11.3 Å². The highest BCUT2D eigenvalue weighted by Crippen LogP contribution is 2.28. The highest BCUT2D eigenvalue weighted by molar-refractivity contribution is 7.10. The molecule has 0 spiro atoms. The van der Waals surface area contributed by atoms with E-state index in [1.807, 2.05) is 37.3 Å². The van der Waals surface area contributed by atoms with E-state index in [9.17, 15) is 10.2 Å². The molecule has 1 aromatic heterocycles. The number of hydrogen-bond acceptors (Lipinski definition) is 6. The van der Waals surface area contributed by atoms with Gasteiger partial charge in [0.15, 0.2) is 10.6 Å². The van der Waals surface area contributed by atoms with E-state index in [0.29, 0.717) is 21.2 Å². The minimum atomic E-state index is 0.0780. The maximum Gasteiger partial charge on any atom is 0.211 e. The molecule has 0 amide bonds. The Labute approximate surface area is 153 Å². The minimum absolute atomic E-state index is 0.0780. The van der Waals surface area contributed by atoms with E-state index in [-0.39, 0.29) is 11.6 Å². The Hall–Kier alpha value is -3.19. The van der Waals surface area contributed by atoms with Gasteiger partial charge in [0.2, 0.25) is 5.88 Å². The van der Waals surface area contributed by atoms with Crippen molar-refractivity contribution >= 4 is 23.1 Å². The van der Waals surface area contributed by atoms with E-state index in [4.69, 9.17) is 0 Å². The number of aromatic hydroxyl groups is 2. The van der Waals surface area contributed by atoms with Gasteiger partial charge in [-0.15, -0.1) is 0 Å². The molecule has 1 aliphatic rings. The summed E-state index contributed by atoms with van der Waals surface area (Å²) in [5.74, 6) is 0.719. The number of phenolic OH excluding ortho intramolecular Hbond substituents is 1. The Balaban J connectivity index is 1.79. The van der Waals surface area contributed by atoms with Crippen molar-refractivity contribution in [2.45, 2.75) is 6.92 Å². The number of rotatable bonds is 2. The zero-order valence-electron chi connectivity index (χ0n) is 14.2. The Morgan fingerprint density at radius 3 is 2.42 bits per heavy atom. The molecule has 0 unspecified atom stereocenters. The summed E-state index contributed by atoms with van der Waals surface area (Å²) in [6.45, 7) is 1.90. The Morgan fingerprint density at radius 2 is 1.77 bits per heavy atom. The van der Waals surface area contributed by atoms with Crippen LogP contribution in [0.2, 0.25) is 0 Å². The summed E-state index contributed by atoms with van der Waals surface area (Å²) in [6.07, 6.45) is 1.73. The fourth-order valence-corrected chi connectivity index (χ4v) is 3.55. The molecule has 2 N–H and O–H groups in total. The molecule has 0 aliphatic carbocycles. The monoisotopic (exact) mass is 364 g/mol. The predicted molar refractivity (Wildman–Crippen MR) is 99.8 cm³/mol. The normalized spacial score (nSPS) is 13.3. The van der Waals surface area contributed by atoms with Crippen LogP contribution in [0.1, 0.15) is 10.4 Å². The molecule has 0 atom stereocenters. The summed E-state index contributed by atoms with van der Waals surface area (Å²) in [7, 11) is 1.72. The summed E-state index contributed by atoms with van der Waals surface area (Å²) < 4.78 is 1.57. The van der Waals surface area contributed by atoms with Gasteiger partial charge in [0, 0.05) is 13.1 Å². The third-order valence-corrected chi connectivity index (χ3v) is 5.05. The van der Waals surface area contributed by atoms with Gasteiger partial charge in [-0.25, -0.2) is 15.0 Å². The maximum atomic E-state index is 10.4. The molecule has 3 aromatic rings. The van der Waals surface area contributed by atoms with Gasteiger partial charge >= 0.3 is 0 Å². The van der Waals surface area contributed by atoms with Gasteiger partial charge in [-0.1, -0.05) is 29.5 Å². The van der Waals surface area contributed by atoms with Gasteiger partial charge in [0.1, 0.15) is 11.4 Å². The molecule has 130 valence electrons. The molecule has 2 heterocycles. The van der Waals surface area contributed by atoms with Gasteiger partial charge in [-0.2, -0.15) is 0 Å². The molecule has 0 radical (unpaired) electrons. The van der Waals surface area contributed by atoms with Gasteiger partial charge in [-0.05, 0) is 36.8 Å². The molecule has 7 heteroatoms. The Bertz CT molecular complexity index is 1200. The SMILES string of the molecule is Cc1ccc(N=c2sc(C=C3N=c4ccccc4=N3)c(O)n2C)c(O)c1. The quantitative estimate of drug-likeness (QED) is 0.731. The molecule has 26 heavy (non-hydrogen) atoms. The van der Waals surface area contributed by atoms with E-state index in [1.165, 1.54) is 11.3 Å². The van der Waals surface area contributed by atoms with Crippen LogP contribution in [0, 0.1) is 6.92 Å². The highest BCUT2D eigenvalue weighted by atomic mass is 32.1. The molecule has 0 saturated carbocycles. The molecule has 0 fully saturated rings. The number of aryl methyl sites for hydroxylation is 1. The van der Waals surface area contributed by atoms with Crippen molar-refractivity contribution in [1.29, 1.82) is 0 Å². The second-order valence-corrected chi connectivity index (χ2v) is 6.96. The van der Waals surface area contributed by atoms with Gasteiger partial charge in [0.05, 0.1) is 15.6 Å². The first-order valence-electron chi connectivity index (χ1n) is 7.98. The average molecular weight is 364 g/mol. The van der Waals surface area contributed by atoms with Crippen LogP contribution in [0.15, 0.2) is 63.3 Å². The fourth-order valence-electron chi connectivity index (χ4n) is 2.60. The van der Waals surface area contributed by atoms with E-state index in [1.54, 1.807) is 29.8 Å². The molecule has 6 nitrogen and oxygen atoms in total. The number of para-hydroxylation sites is 2. The molecule has 0 saturated heterocycles.